The summed E-state index contributed by atoms with van der Waals surface area (Å²) in [6.07, 6.45) is 2.68. The number of piperidine rings is 1. The number of nitrogens with zero attached hydrogens (tertiary/aromatic N) is 4. The Bertz CT molecular complexity index is 1070. The molecule has 0 unspecified atom stereocenters. The predicted octanol–water partition coefficient (Wildman–Crippen LogP) is 3.44. The third-order valence-corrected chi connectivity index (χ3v) is 7.78. The van der Waals surface area contributed by atoms with Crippen molar-refractivity contribution < 1.29 is 19.1 Å². The zero-order valence-electron chi connectivity index (χ0n) is 19.5. The zero-order chi connectivity index (χ0) is 24.2. The van der Waals surface area contributed by atoms with Crippen molar-refractivity contribution in [3.63, 3.8) is 0 Å². The highest BCUT2D eigenvalue weighted by Gasteiger charge is 2.41. The van der Waals surface area contributed by atoms with E-state index in [4.69, 9.17) is 16.3 Å². The summed E-state index contributed by atoms with van der Waals surface area (Å²) in [5, 5.41) is 9.21. The van der Waals surface area contributed by atoms with E-state index in [2.05, 4.69) is 27.2 Å². The van der Waals surface area contributed by atoms with Crippen LogP contribution in [0.15, 0.2) is 18.2 Å². The number of amides is 1. The van der Waals surface area contributed by atoms with Crippen molar-refractivity contribution in [2.45, 2.75) is 64.6 Å². The van der Waals surface area contributed by atoms with Crippen LogP contribution in [0.25, 0.3) is 0 Å². The smallest absolute Gasteiger partial charge is 0.369 e. The van der Waals surface area contributed by atoms with Crippen LogP contribution in [-0.2, 0) is 27.3 Å². The molecule has 0 spiro atoms. The topological polar surface area (TPSA) is 92.7 Å². The minimum Gasteiger partial charge on any atom is -0.461 e. The number of aryl methyl sites for hydroxylation is 1. The second-order valence-electron chi connectivity index (χ2n) is 8.81. The minimum atomic E-state index is -0.531. The quantitative estimate of drug-likeness (QED) is 0.508. The van der Waals surface area contributed by atoms with Gasteiger partial charge < -0.3 is 9.64 Å². The molecule has 2 saturated heterocycles. The maximum absolute atomic E-state index is 13.1. The van der Waals surface area contributed by atoms with Gasteiger partial charge in [-0.05, 0) is 50.3 Å². The van der Waals surface area contributed by atoms with Crippen LogP contribution in [0.3, 0.4) is 0 Å². The van der Waals surface area contributed by atoms with E-state index in [1.54, 1.807) is 6.92 Å². The van der Waals surface area contributed by atoms with E-state index in [1.807, 2.05) is 17.9 Å². The van der Waals surface area contributed by atoms with Crippen molar-refractivity contribution in [2.24, 2.45) is 0 Å². The van der Waals surface area contributed by atoms with Gasteiger partial charge >= 0.3 is 5.97 Å². The normalized spacial score (nSPS) is 19.6. The summed E-state index contributed by atoms with van der Waals surface area (Å²) < 4.78 is 4.93. The third kappa shape index (κ3) is 5.64. The van der Waals surface area contributed by atoms with Crippen LogP contribution in [0.1, 0.15) is 58.5 Å². The van der Waals surface area contributed by atoms with E-state index >= 15 is 0 Å². The van der Waals surface area contributed by atoms with E-state index in [0.717, 1.165) is 54.4 Å². The van der Waals surface area contributed by atoms with Gasteiger partial charge in [-0.25, -0.2) is 4.79 Å². The first-order chi connectivity index (χ1) is 16.4. The lowest BCUT2D eigenvalue weighted by atomic mass is 9.99. The number of carbonyl (C=O) groups excluding carboxylic acids is 3. The molecule has 10 heteroatoms. The number of halogens is 1. The summed E-state index contributed by atoms with van der Waals surface area (Å²) in [7, 11) is 0. The summed E-state index contributed by atoms with van der Waals surface area (Å²) in [6, 6.07) is 5.75. The van der Waals surface area contributed by atoms with Crippen molar-refractivity contribution in [3.8, 4) is 0 Å². The average molecular weight is 505 g/mol. The Balaban J connectivity index is 1.34. The van der Waals surface area contributed by atoms with Gasteiger partial charge in [0.15, 0.2) is 5.78 Å². The maximum atomic E-state index is 13.1. The number of benzene rings is 1. The molecule has 2 fully saturated rings. The van der Waals surface area contributed by atoms with Gasteiger partial charge in [0, 0.05) is 37.1 Å². The van der Waals surface area contributed by atoms with Crippen molar-refractivity contribution in [1.82, 2.24) is 20.0 Å². The van der Waals surface area contributed by atoms with Crippen molar-refractivity contribution in [1.29, 1.82) is 0 Å². The lowest BCUT2D eigenvalue weighted by Gasteiger charge is -2.39. The molecule has 8 nitrogen and oxygen atoms in total. The fourth-order valence-electron chi connectivity index (χ4n) is 4.76. The number of hydrogen-bond acceptors (Lipinski definition) is 8. The molecule has 182 valence electrons. The molecule has 0 saturated carbocycles. The van der Waals surface area contributed by atoms with Gasteiger partial charge in [-0.15, -0.1) is 10.2 Å². The fourth-order valence-corrected chi connectivity index (χ4v) is 5.62. The van der Waals surface area contributed by atoms with Crippen LogP contribution in [0.2, 0.25) is 5.02 Å². The number of esters is 1. The fraction of sp³-hybridized carbons (Fsp3) is 0.542. The highest BCUT2D eigenvalue weighted by molar-refractivity contribution is 7.13. The van der Waals surface area contributed by atoms with Gasteiger partial charge in [0.1, 0.15) is 5.01 Å². The molecule has 2 aromatic rings. The molecule has 0 aliphatic carbocycles. The summed E-state index contributed by atoms with van der Waals surface area (Å²) in [6.45, 7) is 6.57. The molecule has 0 N–H and O–H groups in total. The molecule has 4 rings (SSSR count). The number of likely N-dealkylation sites (tertiary alicyclic amines) is 2. The molecule has 1 aromatic heterocycles. The zero-order valence-corrected chi connectivity index (χ0v) is 21.0. The van der Waals surface area contributed by atoms with Crippen LogP contribution in [0.5, 0.6) is 0 Å². The Morgan fingerprint density at radius 2 is 1.97 bits per heavy atom. The first-order valence-electron chi connectivity index (χ1n) is 11.7. The van der Waals surface area contributed by atoms with Crippen LogP contribution in [0.4, 0.5) is 0 Å². The first-order valence-corrected chi connectivity index (χ1v) is 12.9. The largest absolute Gasteiger partial charge is 0.461 e. The number of carbonyl (C=O) groups is 3. The standard InChI is InChI=1S/C24H29ClN4O4S/c1-3-33-24(32)23-27-26-21(34-23)13-20(30)19-6-7-22(31)29(19)17-8-10-28(11-9-17)14-16-4-5-18(25)15(2)12-16/h4-5,12,17,19H,3,6-11,13-14H2,1-2H3/t19-/m1/s1. The van der Waals surface area contributed by atoms with E-state index in [1.165, 1.54) is 5.56 Å². The average Bonchev–Trinajstić information content (AvgIpc) is 3.44. The third-order valence-electron chi connectivity index (χ3n) is 6.45. The number of hydrogen-bond donors (Lipinski definition) is 0. The first kappa shape index (κ1) is 24.8. The Morgan fingerprint density at radius 1 is 1.21 bits per heavy atom. The van der Waals surface area contributed by atoms with Crippen molar-refractivity contribution in [2.75, 3.05) is 19.7 Å². The van der Waals surface area contributed by atoms with Crippen molar-refractivity contribution in [3.05, 3.63) is 44.4 Å². The van der Waals surface area contributed by atoms with E-state index in [9.17, 15) is 14.4 Å². The Kier molecular flexibility index (Phi) is 7.95. The molecule has 0 radical (unpaired) electrons. The molecular weight excluding hydrogens is 476 g/mol. The SMILES string of the molecule is CCOC(=O)c1nnc(CC(=O)[C@H]2CCC(=O)N2C2CCN(Cc3ccc(Cl)c(C)c3)CC2)s1. The minimum absolute atomic E-state index is 0.0449. The maximum Gasteiger partial charge on any atom is 0.369 e. The molecule has 3 heterocycles. The molecular formula is C24H29ClN4O4S. The number of Topliss-reactive ketones (excluding diaryl/α,β-unsaturated/α-hetero) is 1. The Hall–Kier alpha value is -2.36. The Labute approximate surface area is 208 Å². The van der Waals surface area contributed by atoms with Gasteiger partial charge in [-0.1, -0.05) is 35.1 Å². The summed E-state index contributed by atoms with van der Waals surface area (Å²) in [4.78, 5) is 41.8. The molecule has 2 aliphatic rings. The monoisotopic (exact) mass is 504 g/mol. The molecule has 1 atom stereocenters. The number of ether oxygens (including phenoxy) is 1. The number of rotatable bonds is 8. The van der Waals surface area contributed by atoms with Gasteiger partial charge in [0.25, 0.3) is 0 Å². The number of aromatic nitrogens is 2. The van der Waals surface area contributed by atoms with Gasteiger partial charge in [0.05, 0.1) is 19.1 Å². The lowest BCUT2D eigenvalue weighted by molar-refractivity contribution is -0.137. The Morgan fingerprint density at radius 3 is 2.68 bits per heavy atom. The second-order valence-corrected chi connectivity index (χ2v) is 10.3. The van der Waals surface area contributed by atoms with Gasteiger partial charge in [0.2, 0.25) is 10.9 Å². The highest BCUT2D eigenvalue weighted by atomic mass is 35.5. The summed E-state index contributed by atoms with van der Waals surface area (Å²) >= 11 is 7.21. The molecule has 34 heavy (non-hydrogen) atoms. The van der Waals surface area contributed by atoms with Crippen LogP contribution in [0, 0.1) is 6.92 Å². The molecule has 1 aromatic carbocycles. The predicted molar refractivity (Wildman–Crippen MR) is 129 cm³/mol. The van der Waals surface area contributed by atoms with Crippen LogP contribution in [-0.4, -0.2) is 69.4 Å². The molecule has 2 aliphatic heterocycles. The molecule has 1 amide bonds. The molecule has 0 bridgehead atoms. The highest BCUT2D eigenvalue weighted by Crippen LogP contribution is 2.29. The lowest BCUT2D eigenvalue weighted by Crippen LogP contribution is -2.50. The van der Waals surface area contributed by atoms with E-state index in [0.29, 0.717) is 17.8 Å². The van der Waals surface area contributed by atoms with Gasteiger partial charge in [-0.3, -0.25) is 14.5 Å². The summed E-state index contributed by atoms with van der Waals surface area (Å²) in [5.41, 5.74) is 2.30. The summed E-state index contributed by atoms with van der Waals surface area (Å²) in [5.74, 6) is -0.525. The van der Waals surface area contributed by atoms with Crippen LogP contribution < -0.4 is 0 Å². The van der Waals surface area contributed by atoms with E-state index in [-0.39, 0.29) is 35.8 Å². The van der Waals surface area contributed by atoms with Gasteiger partial charge in [-0.2, -0.15) is 0 Å². The second kappa shape index (κ2) is 10.9. The number of ketones is 1. The van der Waals surface area contributed by atoms with Crippen LogP contribution >= 0.6 is 22.9 Å². The van der Waals surface area contributed by atoms with Crippen molar-refractivity contribution >= 4 is 40.6 Å². The van der Waals surface area contributed by atoms with E-state index < -0.39 is 12.0 Å².